The molecule has 2 aromatic heterocycles. The highest BCUT2D eigenvalue weighted by atomic mass is 32.2. The van der Waals surface area contributed by atoms with Crippen molar-refractivity contribution in [3.8, 4) is 0 Å². The number of nitrogens with zero attached hydrogens (tertiary/aromatic N) is 2. The summed E-state index contributed by atoms with van der Waals surface area (Å²) in [6, 6.07) is 17.4. The molecule has 0 fully saturated rings. The van der Waals surface area contributed by atoms with Crippen molar-refractivity contribution in [2.75, 3.05) is 0 Å². The van der Waals surface area contributed by atoms with Crippen molar-refractivity contribution in [1.82, 2.24) is 13.7 Å². The fraction of sp³-hybridized carbons (Fsp3) is 0.190. The maximum absolute atomic E-state index is 13.1. The Morgan fingerprint density at radius 3 is 2.46 bits per heavy atom. The second-order valence-corrected chi connectivity index (χ2v) is 8.92. The lowest BCUT2D eigenvalue weighted by molar-refractivity contribution is 0.348. The van der Waals surface area contributed by atoms with Gasteiger partial charge in [0.2, 0.25) is 10.0 Å². The third kappa shape index (κ3) is 3.12. The van der Waals surface area contributed by atoms with Gasteiger partial charge in [0.15, 0.2) is 0 Å². The van der Waals surface area contributed by atoms with Gasteiger partial charge in [-0.3, -0.25) is 4.79 Å². The van der Waals surface area contributed by atoms with Crippen molar-refractivity contribution < 1.29 is 8.42 Å². The summed E-state index contributed by atoms with van der Waals surface area (Å²) in [7, 11) is -3.62. The summed E-state index contributed by atoms with van der Waals surface area (Å²) >= 11 is 0. The zero-order valence-corrected chi connectivity index (χ0v) is 16.5. The van der Waals surface area contributed by atoms with Crippen LogP contribution in [0, 0.1) is 0 Å². The number of fused-ring (bicyclic) bond motifs is 3. The Kier molecular flexibility index (Phi) is 4.56. The molecule has 0 atom stereocenters. The van der Waals surface area contributed by atoms with Gasteiger partial charge in [0, 0.05) is 18.8 Å². The largest absolute Gasteiger partial charge is 0.319 e. The number of aromatic amines is 1. The summed E-state index contributed by atoms with van der Waals surface area (Å²) < 4.78 is 29.6. The lowest BCUT2D eigenvalue weighted by atomic mass is 10.2. The minimum absolute atomic E-state index is 0.152. The smallest absolute Gasteiger partial charge is 0.272 e. The average molecular weight is 395 g/mol. The third-order valence-electron chi connectivity index (χ3n) is 4.82. The van der Waals surface area contributed by atoms with Gasteiger partial charge in [-0.25, -0.2) is 8.42 Å². The van der Waals surface area contributed by atoms with Gasteiger partial charge in [-0.05, 0) is 55.8 Å². The molecule has 144 valence electrons. The van der Waals surface area contributed by atoms with Crippen LogP contribution in [-0.2, 0) is 16.6 Å². The number of sulfonamides is 1. The lowest BCUT2D eigenvalue weighted by Crippen LogP contribution is -2.36. The fourth-order valence-corrected chi connectivity index (χ4v) is 5.04. The van der Waals surface area contributed by atoms with E-state index in [1.807, 2.05) is 48.7 Å². The molecule has 0 spiro atoms. The van der Waals surface area contributed by atoms with E-state index in [9.17, 15) is 13.2 Å². The minimum Gasteiger partial charge on any atom is -0.319 e. The molecule has 0 radical (unpaired) electrons. The van der Waals surface area contributed by atoms with E-state index in [1.165, 1.54) is 4.31 Å². The third-order valence-corrected chi connectivity index (χ3v) is 6.85. The lowest BCUT2D eigenvalue weighted by Gasteiger charge is -2.26. The highest BCUT2D eigenvalue weighted by Gasteiger charge is 2.27. The van der Waals surface area contributed by atoms with Crippen molar-refractivity contribution in [2.45, 2.75) is 31.3 Å². The fourth-order valence-electron chi connectivity index (χ4n) is 3.40. The monoisotopic (exact) mass is 395 g/mol. The van der Waals surface area contributed by atoms with E-state index in [-0.39, 0.29) is 23.0 Å². The van der Waals surface area contributed by atoms with Crippen molar-refractivity contribution >= 4 is 26.6 Å². The van der Waals surface area contributed by atoms with Crippen LogP contribution in [0.5, 0.6) is 0 Å². The van der Waals surface area contributed by atoms with Crippen molar-refractivity contribution in [1.29, 1.82) is 0 Å². The van der Waals surface area contributed by atoms with Crippen LogP contribution in [0.1, 0.15) is 19.4 Å². The molecule has 0 aliphatic rings. The van der Waals surface area contributed by atoms with Gasteiger partial charge in [-0.1, -0.05) is 24.3 Å². The van der Waals surface area contributed by atoms with Gasteiger partial charge in [0.05, 0.1) is 15.9 Å². The van der Waals surface area contributed by atoms with E-state index in [2.05, 4.69) is 4.98 Å². The molecule has 0 unspecified atom stereocenters. The second-order valence-electron chi connectivity index (χ2n) is 7.03. The molecule has 0 saturated carbocycles. The predicted molar refractivity (Wildman–Crippen MR) is 110 cm³/mol. The molecular weight excluding hydrogens is 374 g/mol. The van der Waals surface area contributed by atoms with Crippen LogP contribution in [0.25, 0.3) is 16.6 Å². The van der Waals surface area contributed by atoms with Gasteiger partial charge in [-0.15, -0.1) is 0 Å². The Bertz CT molecular complexity index is 1310. The first-order valence-corrected chi connectivity index (χ1v) is 10.5. The first-order chi connectivity index (χ1) is 13.4. The van der Waals surface area contributed by atoms with Crippen LogP contribution in [0.3, 0.4) is 0 Å². The molecule has 2 aromatic carbocycles. The number of hydrogen-bond donors (Lipinski definition) is 1. The van der Waals surface area contributed by atoms with Crippen LogP contribution >= 0.6 is 0 Å². The Labute approximate surface area is 163 Å². The van der Waals surface area contributed by atoms with E-state index >= 15 is 0 Å². The highest BCUT2D eigenvalue weighted by molar-refractivity contribution is 7.89. The van der Waals surface area contributed by atoms with Crippen LogP contribution in [0.15, 0.2) is 76.6 Å². The normalized spacial score (nSPS) is 12.4. The molecule has 0 saturated heterocycles. The standard InChI is InChI=1S/C21H21N3O3S/c1-15(2)24(28(26,27)17-7-4-3-5-8-17)14-16-10-11-18-20(13-16)23-12-6-9-19(23)21(25)22-18/h3-13,15H,14H2,1-2H3,(H,22,25). The van der Waals surface area contributed by atoms with Gasteiger partial charge in [0.1, 0.15) is 5.52 Å². The molecule has 6 nitrogen and oxygen atoms in total. The topological polar surface area (TPSA) is 74.7 Å². The Morgan fingerprint density at radius 1 is 1.00 bits per heavy atom. The molecule has 2 heterocycles. The van der Waals surface area contributed by atoms with E-state index in [4.69, 9.17) is 0 Å². The first-order valence-electron chi connectivity index (χ1n) is 9.07. The summed E-state index contributed by atoms with van der Waals surface area (Å²) in [5.74, 6) is 0. The van der Waals surface area contributed by atoms with Crippen molar-refractivity contribution in [3.63, 3.8) is 0 Å². The summed E-state index contributed by atoms with van der Waals surface area (Å²) in [5.41, 5.74) is 2.79. The SMILES string of the molecule is CC(C)N(Cc1ccc2[nH]c(=O)c3cccn3c2c1)S(=O)(=O)c1ccccc1. The molecule has 7 heteroatoms. The van der Waals surface area contributed by atoms with Crippen LogP contribution in [0.2, 0.25) is 0 Å². The summed E-state index contributed by atoms with van der Waals surface area (Å²) in [5, 5.41) is 0. The van der Waals surface area contributed by atoms with E-state index in [1.54, 1.807) is 36.4 Å². The number of hydrogen-bond acceptors (Lipinski definition) is 3. The zero-order valence-electron chi connectivity index (χ0n) is 15.7. The van der Waals surface area contributed by atoms with Gasteiger partial charge < -0.3 is 9.38 Å². The molecule has 28 heavy (non-hydrogen) atoms. The van der Waals surface area contributed by atoms with E-state index < -0.39 is 10.0 Å². The van der Waals surface area contributed by atoms with Crippen LogP contribution in [0.4, 0.5) is 0 Å². The number of aromatic nitrogens is 2. The molecule has 0 aliphatic heterocycles. The van der Waals surface area contributed by atoms with Crippen LogP contribution in [-0.4, -0.2) is 28.1 Å². The average Bonchev–Trinajstić information content (AvgIpc) is 3.18. The van der Waals surface area contributed by atoms with Crippen molar-refractivity contribution in [3.05, 3.63) is 82.8 Å². The Balaban J connectivity index is 1.79. The molecule has 4 aromatic rings. The quantitative estimate of drug-likeness (QED) is 0.563. The maximum atomic E-state index is 13.1. The van der Waals surface area contributed by atoms with E-state index in [0.717, 1.165) is 11.1 Å². The predicted octanol–water partition coefficient (Wildman–Crippen LogP) is 3.38. The molecule has 0 bridgehead atoms. The van der Waals surface area contributed by atoms with Gasteiger partial charge in [-0.2, -0.15) is 4.31 Å². The molecular formula is C21H21N3O3S. The maximum Gasteiger partial charge on any atom is 0.272 e. The van der Waals surface area contributed by atoms with E-state index in [0.29, 0.717) is 11.0 Å². The van der Waals surface area contributed by atoms with Gasteiger partial charge in [0.25, 0.3) is 5.56 Å². The number of nitrogens with one attached hydrogen (secondary N) is 1. The Hall–Kier alpha value is -2.90. The number of rotatable bonds is 5. The van der Waals surface area contributed by atoms with Crippen molar-refractivity contribution in [2.24, 2.45) is 0 Å². The highest BCUT2D eigenvalue weighted by Crippen LogP contribution is 2.23. The minimum atomic E-state index is -3.62. The van der Waals surface area contributed by atoms with Gasteiger partial charge >= 0.3 is 0 Å². The molecule has 1 N–H and O–H groups in total. The summed E-state index contributed by atoms with van der Waals surface area (Å²) in [6.07, 6.45) is 1.83. The molecule has 4 rings (SSSR count). The first kappa shape index (κ1) is 18.5. The number of benzene rings is 2. The summed E-state index contributed by atoms with van der Waals surface area (Å²) in [6.45, 7) is 3.97. The number of H-pyrrole nitrogens is 1. The Morgan fingerprint density at radius 2 is 1.75 bits per heavy atom. The summed E-state index contributed by atoms with van der Waals surface area (Å²) in [4.78, 5) is 15.3. The zero-order chi connectivity index (χ0) is 19.9. The van der Waals surface area contributed by atoms with Crippen LogP contribution < -0.4 is 5.56 Å². The molecule has 0 aliphatic carbocycles. The second kappa shape index (κ2) is 6.92. The molecule has 0 amide bonds.